The first-order valence-electron chi connectivity index (χ1n) is 6.25. The summed E-state index contributed by atoms with van der Waals surface area (Å²) in [5, 5.41) is -0.190. The molecule has 1 heterocycles. The smallest absolute Gasteiger partial charge is 0.339 e. The van der Waals surface area contributed by atoms with Crippen LogP contribution in [0, 0.1) is 0 Å². The molecule has 0 aliphatic rings. The summed E-state index contributed by atoms with van der Waals surface area (Å²) >= 11 is 3.26. The molecule has 0 radical (unpaired) electrons. The highest BCUT2D eigenvalue weighted by atomic mass is 79.9. The Labute approximate surface area is 136 Å². The van der Waals surface area contributed by atoms with Gasteiger partial charge in [-0.2, -0.15) is 0 Å². The number of furan rings is 1. The summed E-state index contributed by atoms with van der Waals surface area (Å²) in [5.74, 6) is -0.276. The first kappa shape index (κ1) is 16.7. The maximum absolute atomic E-state index is 11.9. The fraction of sp³-hybridized carbons (Fsp3) is 0.214. The van der Waals surface area contributed by atoms with Gasteiger partial charge in [-0.15, -0.1) is 0 Å². The van der Waals surface area contributed by atoms with Crippen molar-refractivity contribution < 1.29 is 22.4 Å². The highest BCUT2D eigenvalue weighted by Crippen LogP contribution is 2.20. The maximum Gasteiger partial charge on any atom is 0.339 e. The molecule has 2 aromatic rings. The number of rotatable bonds is 5. The van der Waals surface area contributed by atoms with E-state index in [1.54, 1.807) is 24.3 Å². The average Bonchev–Trinajstić information content (AvgIpc) is 2.94. The zero-order chi connectivity index (χ0) is 16.3. The second-order valence-electron chi connectivity index (χ2n) is 4.56. The van der Waals surface area contributed by atoms with Gasteiger partial charge in [0.15, 0.2) is 0 Å². The molecule has 0 N–H and O–H groups in total. The first-order valence-corrected chi connectivity index (χ1v) is 8.48. The molecule has 0 aliphatic carbocycles. The summed E-state index contributed by atoms with van der Waals surface area (Å²) in [7, 11) is -0.820. The molecule has 6 nitrogen and oxygen atoms in total. The number of esters is 1. The van der Waals surface area contributed by atoms with E-state index in [2.05, 4.69) is 15.9 Å². The first-order chi connectivity index (χ1) is 10.3. The number of benzene rings is 1. The van der Waals surface area contributed by atoms with E-state index in [0.717, 1.165) is 4.31 Å². The summed E-state index contributed by atoms with van der Waals surface area (Å²) in [5.41, 5.74) is 0.384. The minimum Gasteiger partial charge on any atom is -0.454 e. The van der Waals surface area contributed by atoms with Crippen LogP contribution in [0.25, 0.3) is 0 Å². The van der Waals surface area contributed by atoms with Crippen molar-refractivity contribution in [3.05, 3.63) is 52.2 Å². The van der Waals surface area contributed by atoms with Crippen LogP contribution in [0.1, 0.15) is 16.1 Å². The van der Waals surface area contributed by atoms with E-state index in [1.807, 2.05) is 0 Å². The Morgan fingerprint density at radius 2 is 1.91 bits per heavy atom. The standard InChI is InChI=1S/C14H14BrNO5S/c1-16(2)22(18,19)13-8-7-10(21-13)9-20-14(17)11-5-3-4-6-12(11)15/h3-8H,9H2,1-2H3. The lowest BCUT2D eigenvalue weighted by Gasteiger charge is -2.08. The number of hydrogen-bond donors (Lipinski definition) is 0. The molecule has 0 saturated heterocycles. The Bertz CT molecular complexity index is 782. The Morgan fingerprint density at radius 3 is 2.55 bits per heavy atom. The van der Waals surface area contributed by atoms with Crippen LogP contribution in [0.3, 0.4) is 0 Å². The lowest BCUT2D eigenvalue weighted by molar-refractivity contribution is 0.0439. The van der Waals surface area contributed by atoms with Crippen molar-refractivity contribution in [3.8, 4) is 0 Å². The van der Waals surface area contributed by atoms with Crippen molar-refractivity contribution in [2.24, 2.45) is 0 Å². The molecule has 0 fully saturated rings. The Hall–Kier alpha value is -1.64. The van der Waals surface area contributed by atoms with Gasteiger partial charge in [-0.05, 0) is 40.2 Å². The quantitative estimate of drug-likeness (QED) is 0.736. The molecular formula is C14H14BrNO5S. The molecule has 0 amide bonds. The van der Waals surface area contributed by atoms with E-state index in [1.165, 1.54) is 26.2 Å². The van der Waals surface area contributed by atoms with Crippen molar-refractivity contribution >= 4 is 31.9 Å². The monoisotopic (exact) mass is 387 g/mol. The van der Waals surface area contributed by atoms with Crippen LogP contribution >= 0.6 is 15.9 Å². The van der Waals surface area contributed by atoms with Crippen molar-refractivity contribution in [2.75, 3.05) is 14.1 Å². The van der Waals surface area contributed by atoms with E-state index < -0.39 is 16.0 Å². The number of ether oxygens (including phenoxy) is 1. The highest BCUT2D eigenvalue weighted by molar-refractivity contribution is 9.10. The molecular weight excluding hydrogens is 374 g/mol. The van der Waals surface area contributed by atoms with Gasteiger partial charge < -0.3 is 9.15 Å². The van der Waals surface area contributed by atoms with Crippen molar-refractivity contribution in [1.29, 1.82) is 0 Å². The van der Waals surface area contributed by atoms with Crippen LogP contribution in [0.4, 0.5) is 0 Å². The second-order valence-corrected chi connectivity index (χ2v) is 7.50. The fourth-order valence-electron chi connectivity index (χ4n) is 1.60. The third-order valence-electron chi connectivity index (χ3n) is 2.81. The molecule has 2 rings (SSSR count). The Morgan fingerprint density at radius 1 is 1.23 bits per heavy atom. The predicted molar refractivity (Wildman–Crippen MR) is 82.8 cm³/mol. The molecule has 1 aromatic carbocycles. The van der Waals surface area contributed by atoms with Crippen LogP contribution in [0.15, 0.2) is 50.4 Å². The number of halogens is 1. The van der Waals surface area contributed by atoms with E-state index in [9.17, 15) is 13.2 Å². The van der Waals surface area contributed by atoms with Gasteiger partial charge in [0.05, 0.1) is 5.56 Å². The maximum atomic E-state index is 11.9. The number of carbonyl (C=O) groups excluding carboxylic acids is 1. The number of hydrogen-bond acceptors (Lipinski definition) is 5. The zero-order valence-corrected chi connectivity index (χ0v) is 14.3. The van der Waals surface area contributed by atoms with Crippen LogP contribution in [-0.2, 0) is 21.4 Å². The van der Waals surface area contributed by atoms with Gasteiger partial charge in [0.1, 0.15) is 12.4 Å². The van der Waals surface area contributed by atoms with E-state index in [-0.39, 0.29) is 17.5 Å². The van der Waals surface area contributed by atoms with Crippen molar-refractivity contribution in [2.45, 2.75) is 11.7 Å². The lowest BCUT2D eigenvalue weighted by atomic mass is 10.2. The molecule has 8 heteroatoms. The molecule has 118 valence electrons. The molecule has 0 saturated carbocycles. The summed E-state index contributed by atoms with van der Waals surface area (Å²) < 4.78 is 35.7. The number of carbonyl (C=O) groups is 1. The molecule has 0 bridgehead atoms. The Balaban J connectivity index is 2.06. The second kappa shape index (κ2) is 6.64. The van der Waals surface area contributed by atoms with Crippen LogP contribution in [0.2, 0.25) is 0 Å². The molecule has 22 heavy (non-hydrogen) atoms. The molecule has 0 aliphatic heterocycles. The van der Waals surface area contributed by atoms with Crippen LogP contribution < -0.4 is 0 Å². The van der Waals surface area contributed by atoms with Crippen molar-refractivity contribution in [1.82, 2.24) is 4.31 Å². The number of sulfonamides is 1. The average molecular weight is 388 g/mol. The van der Waals surface area contributed by atoms with E-state index in [0.29, 0.717) is 10.0 Å². The third-order valence-corrected chi connectivity index (χ3v) is 5.19. The van der Waals surface area contributed by atoms with Gasteiger partial charge in [0.2, 0.25) is 5.09 Å². The topological polar surface area (TPSA) is 76.8 Å². The summed E-state index contributed by atoms with van der Waals surface area (Å²) in [6.45, 7) is -0.150. The minimum absolute atomic E-state index is 0.150. The fourth-order valence-corrected chi connectivity index (χ4v) is 2.85. The SMILES string of the molecule is CN(C)S(=O)(=O)c1ccc(COC(=O)c2ccccc2Br)o1. The molecule has 0 atom stereocenters. The molecule has 0 unspecified atom stereocenters. The van der Waals surface area contributed by atoms with Gasteiger partial charge in [-0.3, -0.25) is 0 Å². The van der Waals surface area contributed by atoms with Gasteiger partial charge in [0.25, 0.3) is 10.0 Å². The summed E-state index contributed by atoms with van der Waals surface area (Å²) in [6.07, 6.45) is 0. The summed E-state index contributed by atoms with van der Waals surface area (Å²) in [6, 6.07) is 9.64. The van der Waals surface area contributed by atoms with Crippen LogP contribution in [-0.4, -0.2) is 32.8 Å². The van der Waals surface area contributed by atoms with E-state index >= 15 is 0 Å². The van der Waals surface area contributed by atoms with Gasteiger partial charge >= 0.3 is 5.97 Å². The highest BCUT2D eigenvalue weighted by Gasteiger charge is 2.22. The summed E-state index contributed by atoms with van der Waals surface area (Å²) in [4.78, 5) is 11.9. The van der Waals surface area contributed by atoms with Gasteiger partial charge in [-0.1, -0.05) is 12.1 Å². The molecule has 0 spiro atoms. The number of nitrogens with zero attached hydrogens (tertiary/aromatic N) is 1. The van der Waals surface area contributed by atoms with Gasteiger partial charge in [0, 0.05) is 18.6 Å². The molecule has 1 aromatic heterocycles. The van der Waals surface area contributed by atoms with E-state index in [4.69, 9.17) is 9.15 Å². The normalized spacial score (nSPS) is 11.6. The third kappa shape index (κ3) is 3.57. The van der Waals surface area contributed by atoms with Crippen molar-refractivity contribution in [3.63, 3.8) is 0 Å². The lowest BCUT2D eigenvalue weighted by Crippen LogP contribution is -2.21. The van der Waals surface area contributed by atoms with Crippen LogP contribution in [0.5, 0.6) is 0 Å². The minimum atomic E-state index is -3.63. The predicted octanol–water partition coefficient (Wildman–Crippen LogP) is 2.65. The zero-order valence-electron chi connectivity index (χ0n) is 11.9. The van der Waals surface area contributed by atoms with Gasteiger partial charge in [-0.25, -0.2) is 17.5 Å². The largest absolute Gasteiger partial charge is 0.454 e. The Kier molecular flexibility index (Phi) is 5.05.